The molecule has 1 aliphatic carbocycles. The van der Waals surface area contributed by atoms with Gasteiger partial charge in [0.05, 0.1) is 30.3 Å². The van der Waals surface area contributed by atoms with E-state index in [4.69, 9.17) is 18.6 Å². The molecule has 7 rings (SSSR count). The van der Waals surface area contributed by atoms with Crippen LogP contribution in [0.2, 0.25) is 0 Å². The van der Waals surface area contributed by atoms with Crippen molar-refractivity contribution in [2.75, 3.05) is 51.8 Å². The fraction of sp³-hybridized carbons (Fsp3) is 0.576. The lowest BCUT2D eigenvalue weighted by molar-refractivity contribution is -0.183. The summed E-state index contributed by atoms with van der Waals surface area (Å²) in [4.78, 5) is 17.8. The van der Waals surface area contributed by atoms with Gasteiger partial charge in [-0.3, -0.25) is 0 Å². The second-order valence-corrected chi connectivity index (χ2v) is 15.2. The summed E-state index contributed by atoms with van der Waals surface area (Å²) >= 11 is 0. The van der Waals surface area contributed by atoms with Gasteiger partial charge in [-0.1, -0.05) is 37.3 Å². The zero-order valence-corrected chi connectivity index (χ0v) is 27.4. The first-order valence-corrected chi connectivity index (χ1v) is 17.9. The van der Waals surface area contributed by atoms with Crippen LogP contribution in [0, 0.1) is 29.6 Å². The van der Waals surface area contributed by atoms with Gasteiger partial charge >= 0.3 is 6.09 Å². The second-order valence-electron chi connectivity index (χ2n) is 13.3. The fourth-order valence-corrected chi connectivity index (χ4v) is 9.37. The molecule has 0 radical (unpaired) electrons. The van der Waals surface area contributed by atoms with E-state index in [0.717, 1.165) is 18.5 Å². The number of aromatic nitrogens is 1. The zero-order chi connectivity index (χ0) is 32.7. The highest BCUT2D eigenvalue weighted by molar-refractivity contribution is 7.89. The maximum atomic E-state index is 14.2. The molecule has 3 aliphatic heterocycles. The molecule has 1 aromatic heterocycles. The molecule has 6 unspecified atom stereocenters. The third-order valence-corrected chi connectivity index (χ3v) is 12.2. The van der Waals surface area contributed by atoms with Crippen LogP contribution in [0.4, 0.5) is 10.8 Å². The van der Waals surface area contributed by atoms with Gasteiger partial charge in [-0.05, 0) is 55.5 Å². The average Bonchev–Trinajstić information content (AvgIpc) is 3.85. The van der Waals surface area contributed by atoms with Crippen LogP contribution in [0.5, 0.6) is 0 Å². The van der Waals surface area contributed by atoms with Crippen LogP contribution in [0.1, 0.15) is 18.9 Å². The number of amides is 1. The number of ether oxygens (including phenoxy) is 3. The van der Waals surface area contributed by atoms with Crippen molar-refractivity contribution >= 4 is 33.2 Å². The van der Waals surface area contributed by atoms with E-state index in [1.807, 2.05) is 30.3 Å². The number of nitrogens with zero attached hydrogens (tertiary/aromatic N) is 2. The van der Waals surface area contributed by atoms with Gasteiger partial charge in [0.25, 0.3) is 6.01 Å². The van der Waals surface area contributed by atoms with Crippen molar-refractivity contribution in [2.45, 2.75) is 49.2 Å². The average molecular weight is 670 g/mol. The van der Waals surface area contributed by atoms with Gasteiger partial charge in [-0.15, -0.1) is 0 Å². The minimum Gasteiger partial charge on any atom is -0.445 e. The number of hydrogen-bond donors (Lipinski definition) is 4. The monoisotopic (exact) mass is 669 g/mol. The van der Waals surface area contributed by atoms with E-state index in [1.165, 1.54) is 16.4 Å². The Morgan fingerprint density at radius 2 is 1.96 bits per heavy atom. The second kappa shape index (κ2) is 13.3. The van der Waals surface area contributed by atoms with E-state index in [2.05, 4.69) is 27.9 Å². The molecule has 4 fully saturated rings. The Balaban J connectivity index is 1.12. The topological polar surface area (TPSA) is 164 Å². The van der Waals surface area contributed by atoms with E-state index in [9.17, 15) is 18.3 Å². The largest absolute Gasteiger partial charge is 0.445 e. The summed E-state index contributed by atoms with van der Waals surface area (Å²) in [5.41, 5.74) is 1.74. The first kappa shape index (κ1) is 32.3. The van der Waals surface area contributed by atoms with E-state index in [0.29, 0.717) is 36.8 Å². The van der Waals surface area contributed by atoms with Crippen LogP contribution in [0.3, 0.4) is 0 Å². The molecule has 14 heteroatoms. The third-order valence-electron chi connectivity index (χ3n) is 10.4. The van der Waals surface area contributed by atoms with E-state index in [-0.39, 0.29) is 66.5 Å². The maximum Gasteiger partial charge on any atom is 0.407 e. The normalized spacial score (nSPS) is 29.7. The molecule has 13 nitrogen and oxygen atoms in total. The summed E-state index contributed by atoms with van der Waals surface area (Å²) in [5.74, 6) is 0.671. The molecule has 47 heavy (non-hydrogen) atoms. The van der Waals surface area contributed by atoms with Crippen LogP contribution in [0.15, 0.2) is 57.8 Å². The van der Waals surface area contributed by atoms with Crippen molar-refractivity contribution in [1.29, 1.82) is 0 Å². The van der Waals surface area contributed by atoms with Crippen molar-refractivity contribution in [3.05, 3.63) is 54.1 Å². The Labute approximate surface area is 274 Å². The van der Waals surface area contributed by atoms with Crippen molar-refractivity contribution in [3.63, 3.8) is 0 Å². The van der Waals surface area contributed by atoms with Crippen molar-refractivity contribution in [1.82, 2.24) is 19.9 Å². The fourth-order valence-electron chi connectivity index (χ4n) is 7.82. The molecular formula is C33H43N5O8S. The Bertz CT molecular complexity index is 1670. The Morgan fingerprint density at radius 1 is 1.17 bits per heavy atom. The molecular weight excluding hydrogens is 626 g/mol. The minimum absolute atomic E-state index is 0.0368. The minimum atomic E-state index is -4.08. The summed E-state index contributed by atoms with van der Waals surface area (Å²) in [6.45, 7) is 4.53. The van der Waals surface area contributed by atoms with Crippen molar-refractivity contribution in [2.24, 2.45) is 29.6 Å². The number of anilines is 1. The summed E-state index contributed by atoms with van der Waals surface area (Å²) in [6.07, 6.45) is -1.43. The number of hydrogen-bond acceptors (Lipinski definition) is 11. The number of aliphatic hydroxyl groups excluding tert-OH is 1. The van der Waals surface area contributed by atoms with Gasteiger partial charge < -0.3 is 39.7 Å². The maximum absolute atomic E-state index is 14.2. The summed E-state index contributed by atoms with van der Waals surface area (Å²) in [6, 6.07) is 13.5. The lowest BCUT2D eigenvalue weighted by atomic mass is 9.88. The zero-order valence-electron chi connectivity index (χ0n) is 26.6. The van der Waals surface area contributed by atoms with Crippen molar-refractivity contribution < 1.29 is 36.9 Å². The first-order valence-electron chi connectivity index (χ1n) is 16.4. The number of fused-ring (bicyclic) bond motifs is 2. The summed E-state index contributed by atoms with van der Waals surface area (Å²) in [5, 5.41) is 20.8. The summed E-state index contributed by atoms with van der Waals surface area (Å²) in [7, 11) is -2.41. The number of rotatable bonds is 12. The number of carbonyl (C=O) groups is 1. The highest BCUT2D eigenvalue weighted by Crippen LogP contribution is 2.52. The molecule has 9 atom stereocenters. The van der Waals surface area contributed by atoms with Gasteiger partial charge in [0.15, 0.2) is 11.9 Å². The molecule has 254 valence electrons. The van der Waals surface area contributed by atoms with Crippen molar-refractivity contribution in [3.8, 4) is 0 Å². The first-order chi connectivity index (χ1) is 22.7. The van der Waals surface area contributed by atoms with Gasteiger partial charge in [0, 0.05) is 44.0 Å². The quantitative estimate of drug-likeness (QED) is 0.224. The predicted octanol–water partition coefficient (Wildman–Crippen LogP) is 2.42. The molecule has 3 saturated heterocycles. The van der Waals surface area contributed by atoms with E-state index < -0.39 is 28.3 Å². The number of nitrogens with one attached hydrogen (secondary N) is 3. The lowest BCUT2D eigenvalue weighted by Gasteiger charge is -2.33. The highest BCUT2D eigenvalue weighted by Gasteiger charge is 2.60. The van der Waals surface area contributed by atoms with Crippen LogP contribution < -0.4 is 16.0 Å². The smallest absolute Gasteiger partial charge is 0.407 e. The van der Waals surface area contributed by atoms with Gasteiger partial charge in [0.2, 0.25) is 10.0 Å². The van der Waals surface area contributed by atoms with Crippen LogP contribution in [0.25, 0.3) is 11.1 Å². The molecule has 4 aliphatic rings. The number of oxazole rings is 1. The SMILES string of the molecule is CNc1nc2ccc(S(=O)(=O)N(CC3CCNC3)C[C@@H](O)[C@H](Cc3ccccc3)NC(=O)OC3C4COC5OCC3[C@H](C)C54)cc2o1. The summed E-state index contributed by atoms with van der Waals surface area (Å²) < 4.78 is 53.2. The van der Waals surface area contributed by atoms with Crippen LogP contribution in [-0.4, -0.2) is 99.9 Å². The molecule has 3 aromatic rings. The van der Waals surface area contributed by atoms with E-state index >= 15 is 0 Å². The number of benzene rings is 2. The predicted molar refractivity (Wildman–Crippen MR) is 172 cm³/mol. The van der Waals surface area contributed by atoms with Crippen LogP contribution >= 0.6 is 0 Å². The Kier molecular flexibility index (Phi) is 9.15. The molecule has 4 N–H and O–H groups in total. The lowest BCUT2D eigenvalue weighted by Crippen LogP contribution is -2.52. The van der Waals surface area contributed by atoms with E-state index in [1.54, 1.807) is 13.1 Å². The third kappa shape index (κ3) is 6.46. The molecule has 2 aromatic carbocycles. The van der Waals surface area contributed by atoms with Gasteiger partial charge in [-0.2, -0.15) is 9.29 Å². The number of alkyl carbamates (subject to hydrolysis) is 1. The van der Waals surface area contributed by atoms with Gasteiger partial charge in [-0.25, -0.2) is 13.2 Å². The molecule has 1 saturated carbocycles. The number of aliphatic hydroxyl groups is 1. The molecule has 2 bridgehead atoms. The Morgan fingerprint density at radius 3 is 2.70 bits per heavy atom. The standard InChI is InChI=1S/C33H43N5O8S/c1-19-23-17-43-31-29(19)24(18-44-31)30(23)46-33(40)37-26(12-20-6-4-3-5-7-20)27(39)16-38(15-21-10-11-35-14-21)47(41,42)22-8-9-25-28(13-22)45-32(34-2)36-25/h3-9,13,19,21,23-24,26-27,29-31,35,39H,10-12,14-18H2,1-2H3,(H,34,36)(H,37,40)/t19-,21?,23?,24?,26-,27+,29?,30?,31?/m0/s1. The molecule has 1 amide bonds. The Hall–Kier alpha value is -3.27. The highest BCUT2D eigenvalue weighted by atomic mass is 32.2. The van der Waals surface area contributed by atoms with Crippen LogP contribution in [-0.2, 0) is 30.7 Å². The van der Waals surface area contributed by atoms with Gasteiger partial charge in [0.1, 0.15) is 11.6 Å². The number of sulfonamides is 1. The molecule has 0 spiro atoms. The molecule has 4 heterocycles. The number of carbonyl (C=O) groups excluding carboxylic acids is 1.